The maximum atomic E-state index is 12.3. The Kier molecular flexibility index (Phi) is 3.80. The lowest BCUT2D eigenvalue weighted by atomic mass is 9.90. The van der Waals surface area contributed by atoms with Crippen molar-refractivity contribution in [2.45, 2.75) is 39.0 Å². The third kappa shape index (κ3) is 3.07. The van der Waals surface area contributed by atoms with Gasteiger partial charge in [0.1, 0.15) is 4.88 Å². The molecule has 0 N–H and O–H groups in total. The summed E-state index contributed by atoms with van der Waals surface area (Å²) >= 11 is 1.19. The van der Waals surface area contributed by atoms with E-state index < -0.39 is 0 Å². The Morgan fingerprint density at radius 2 is 2.16 bits per heavy atom. The Balaban J connectivity index is 2.09. The molecule has 2 aromatic heterocycles. The van der Waals surface area contributed by atoms with E-state index in [-0.39, 0.29) is 11.2 Å². The third-order valence-corrected chi connectivity index (χ3v) is 3.75. The van der Waals surface area contributed by atoms with E-state index >= 15 is 0 Å². The van der Waals surface area contributed by atoms with Crippen molar-refractivity contribution in [2.75, 3.05) is 0 Å². The molecule has 5 nitrogen and oxygen atoms in total. The first-order valence-corrected chi connectivity index (χ1v) is 7.00. The Labute approximate surface area is 116 Å². The number of aryl methyl sites for hydroxylation is 2. The third-order valence-electron chi connectivity index (χ3n) is 2.98. The van der Waals surface area contributed by atoms with E-state index in [9.17, 15) is 4.79 Å². The average molecular weight is 278 g/mol. The molecule has 0 saturated carbocycles. The highest BCUT2D eigenvalue weighted by Gasteiger charge is 2.25. The highest BCUT2D eigenvalue weighted by Crippen LogP contribution is 2.26. The molecule has 2 aromatic rings. The van der Waals surface area contributed by atoms with Gasteiger partial charge >= 0.3 is 0 Å². The molecule has 6 heteroatoms. The summed E-state index contributed by atoms with van der Waals surface area (Å²) in [7, 11) is 1.88. The molecule has 0 aliphatic carbocycles. The smallest absolute Gasteiger partial charge is 0.176 e. The standard InChI is InChI=1S/C13H18N4OS/c1-13(2,3)12-11(19-16-15-12)10(18)6-5-9-7-8-14-17(9)4/h7-8H,5-6H2,1-4H3. The summed E-state index contributed by atoms with van der Waals surface area (Å²) in [6, 6.07) is 1.93. The predicted octanol–water partition coefficient (Wildman–Crippen LogP) is 2.38. The van der Waals surface area contributed by atoms with Crippen molar-refractivity contribution in [3.05, 3.63) is 28.5 Å². The van der Waals surface area contributed by atoms with Gasteiger partial charge in [-0.25, -0.2) is 0 Å². The number of carbonyl (C=O) groups excluding carboxylic acids is 1. The van der Waals surface area contributed by atoms with Gasteiger partial charge < -0.3 is 0 Å². The number of hydrogen-bond donors (Lipinski definition) is 0. The molecular formula is C13H18N4OS. The molecule has 0 aliphatic heterocycles. The van der Waals surface area contributed by atoms with Gasteiger partial charge in [-0.05, 0) is 24.0 Å². The van der Waals surface area contributed by atoms with Crippen molar-refractivity contribution in [3.8, 4) is 0 Å². The minimum Gasteiger partial charge on any atom is -0.293 e. The summed E-state index contributed by atoms with van der Waals surface area (Å²) in [6.07, 6.45) is 2.90. The predicted molar refractivity (Wildman–Crippen MR) is 74.5 cm³/mol. The summed E-state index contributed by atoms with van der Waals surface area (Å²) < 4.78 is 5.72. The molecule has 0 fully saturated rings. The molecule has 19 heavy (non-hydrogen) atoms. The molecule has 2 rings (SSSR count). The molecule has 0 bridgehead atoms. The van der Waals surface area contributed by atoms with E-state index in [1.807, 2.05) is 33.9 Å². The van der Waals surface area contributed by atoms with E-state index in [0.29, 0.717) is 17.7 Å². The van der Waals surface area contributed by atoms with E-state index in [1.54, 1.807) is 10.9 Å². The molecule has 0 spiro atoms. The Morgan fingerprint density at radius 3 is 2.74 bits per heavy atom. The van der Waals surface area contributed by atoms with Crippen LogP contribution in [0.15, 0.2) is 12.3 Å². The van der Waals surface area contributed by atoms with Crippen molar-refractivity contribution in [3.63, 3.8) is 0 Å². The van der Waals surface area contributed by atoms with Gasteiger partial charge in [0, 0.05) is 30.8 Å². The largest absolute Gasteiger partial charge is 0.293 e. The monoisotopic (exact) mass is 278 g/mol. The molecule has 0 atom stereocenters. The maximum Gasteiger partial charge on any atom is 0.176 e. The molecule has 0 aliphatic rings. The fraction of sp³-hybridized carbons (Fsp3) is 0.538. The lowest BCUT2D eigenvalue weighted by molar-refractivity contribution is 0.0984. The number of carbonyl (C=O) groups is 1. The lowest BCUT2D eigenvalue weighted by Gasteiger charge is -2.15. The van der Waals surface area contributed by atoms with E-state index in [0.717, 1.165) is 11.4 Å². The molecule has 0 aromatic carbocycles. The molecule has 0 saturated heterocycles. The van der Waals surface area contributed by atoms with E-state index in [4.69, 9.17) is 0 Å². The summed E-state index contributed by atoms with van der Waals surface area (Å²) in [5.74, 6) is 0.112. The zero-order valence-electron chi connectivity index (χ0n) is 11.7. The van der Waals surface area contributed by atoms with Crippen LogP contribution in [0.2, 0.25) is 0 Å². The Bertz CT molecular complexity index is 579. The van der Waals surface area contributed by atoms with Crippen molar-refractivity contribution in [1.29, 1.82) is 0 Å². The van der Waals surface area contributed by atoms with Crippen molar-refractivity contribution in [2.24, 2.45) is 7.05 Å². The molecular weight excluding hydrogens is 260 g/mol. The van der Waals surface area contributed by atoms with Gasteiger partial charge in [0.15, 0.2) is 5.78 Å². The molecule has 0 radical (unpaired) electrons. The minimum atomic E-state index is -0.148. The average Bonchev–Trinajstić information content (AvgIpc) is 2.93. The van der Waals surface area contributed by atoms with E-state index in [2.05, 4.69) is 14.7 Å². The van der Waals surface area contributed by atoms with Gasteiger partial charge in [-0.2, -0.15) is 5.10 Å². The molecule has 102 valence electrons. The summed E-state index contributed by atoms with van der Waals surface area (Å²) in [6.45, 7) is 6.13. The fourth-order valence-electron chi connectivity index (χ4n) is 1.87. The number of hydrogen-bond acceptors (Lipinski definition) is 5. The fourth-order valence-corrected chi connectivity index (χ4v) is 2.71. The van der Waals surface area contributed by atoms with Crippen LogP contribution in [0, 0.1) is 0 Å². The second kappa shape index (κ2) is 5.21. The molecule has 0 unspecified atom stereocenters. The number of rotatable bonds is 4. The first-order valence-electron chi connectivity index (χ1n) is 6.22. The summed E-state index contributed by atoms with van der Waals surface area (Å²) in [5.41, 5.74) is 1.71. The zero-order valence-corrected chi connectivity index (χ0v) is 12.5. The van der Waals surface area contributed by atoms with Crippen LogP contribution in [0.5, 0.6) is 0 Å². The van der Waals surface area contributed by atoms with Gasteiger partial charge in [-0.1, -0.05) is 25.3 Å². The van der Waals surface area contributed by atoms with Crippen LogP contribution in [0.4, 0.5) is 0 Å². The number of aromatic nitrogens is 4. The van der Waals surface area contributed by atoms with Gasteiger partial charge in [0.2, 0.25) is 0 Å². The van der Waals surface area contributed by atoms with E-state index in [1.165, 1.54) is 11.5 Å². The Hall–Kier alpha value is -1.56. The van der Waals surface area contributed by atoms with Crippen LogP contribution in [0.25, 0.3) is 0 Å². The number of ketones is 1. The summed E-state index contributed by atoms with van der Waals surface area (Å²) in [5, 5.41) is 8.20. The second-order valence-electron chi connectivity index (χ2n) is 5.57. The number of nitrogens with zero attached hydrogens (tertiary/aromatic N) is 4. The van der Waals surface area contributed by atoms with Crippen molar-refractivity contribution < 1.29 is 4.79 Å². The SMILES string of the molecule is Cn1nccc1CCC(=O)c1snnc1C(C)(C)C. The second-order valence-corrected chi connectivity index (χ2v) is 6.32. The molecule has 0 amide bonds. The van der Waals surface area contributed by atoms with Crippen LogP contribution < -0.4 is 0 Å². The van der Waals surface area contributed by atoms with Gasteiger partial charge in [-0.15, -0.1) is 5.10 Å². The first kappa shape index (κ1) is 13.9. The van der Waals surface area contributed by atoms with Gasteiger partial charge in [-0.3, -0.25) is 9.48 Å². The highest BCUT2D eigenvalue weighted by atomic mass is 32.1. The quantitative estimate of drug-likeness (QED) is 0.806. The Morgan fingerprint density at radius 1 is 1.42 bits per heavy atom. The van der Waals surface area contributed by atoms with Crippen LogP contribution in [-0.2, 0) is 18.9 Å². The lowest BCUT2D eigenvalue weighted by Crippen LogP contribution is -2.16. The van der Waals surface area contributed by atoms with Gasteiger partial charge in [0.05, 0.1) is 5.69 Å². The summed E-state index contributed by atoms with van der Waals surface area (Å²) in [4.78, 5) is 13.0. The number of Topliss-reactive ketones (excluding diaryl/α,β-unsaturated/α-hetero) is 1. The van der Waals surface area contributed by atoms with Gasteiger partial charge in [0.25, 0.3) is 0 Å². The highest BCUT2D eigenvalue weighted by molar-refractivity contribution is 7.08. The van der Waals surface area contributed by atoms with Crippen LogP contribution in [0.1, 0.15) is 48.3 Å². The van der Waals surface area contributed by atoms with Crippen LogP contribution >= 0.6 is 11.5 Å². The molecule has 2 heterocycles. The normalized spacial score (nSPS) is 11.8. The van der Waals surface area contributed by atoms with Crippen molar-refractivity contribution >= 4 is 17.3 Å². The zero-order chi connectivity index (χ0) is 14.0. The maximum absolute atomic E-state index is 12.3. The van der Waals surface area contributed by atoms with Crippen LogP contribution in [-0.4, -0.2) is 25.2 Å². The first-order chi connectivity index (χ1) is 8.89. The van der Waals surface area contributed by atoms with Crippen LogP contribution in [0.3, 0.4) is 0 Å². The minimum absolute atomic E-state index is 0.112. The van der Waals surface area contributed by atoms with Crippen molar-refractivity contribution in [1.82, 2.24) is 19.4 Å². The topological polar surface area (TPSA) is 60.7 Å².